The highest BCUT2D eigenvalue weighted by Gasteiger charge is 1.98. The Bertz CT molecular complexity index is 442. The van der Waals surface area contributed by atoms with E-state index in [1.807, 2.05) is 30.5 Å². The summed E-state index contributed by atoms with van der Waals surface area (Å²) in [6.45, 7) is 4.55. The van der Waals surface area contributed by atoms with Gasteiger partial charge in [-0.15, -0.1) is 6.58 Å². The van der Waals surface area contributed by atoms with Crippen LogP contribution in [0, 0.1) is 0 Å². The van der Waals surface area contributed by atoms with E-state index in [-0.39, 0.29) is 0 Å². The van der Waals surface area contributed by atoms with Crippen molar-refractivity contribution < 1.29 is 0 Å². The van der Waals surface area contributed by atoms with E-state index in [9.17, 15) is 0 Å². The average molecular weight is 192 g/mol. The third-order valence-corrected chi connectivity index (χ3v) is 2.29. The van der Waals surface area contributed by atoms with Crippen LogP contribution in [0.1, 0.15) is 0 Å². The molecule has 1 nitrogen and oxygen atoms in total. The summed E-state index contributed by atoms with van der Waals surface area (Å²) in [5.41, 5.74) is 1.20. The molecule has 0 aliphatic heterocycles. The summed E-state index contributed by atoms with van der Waals surface area (Å²) in [5.74, 6) is 0. The molecule has 0 radical (unpaired) electrons. The molecule has 0 spiro atoms. The van der Waals surface area contributed by atoms with Crippen molar-refractivity contribution in [2.24, 2.45) is 0 Å². The topological polar surface area (TPSA) is 4.93 Å². The van der Waals surface area contributed by atoms with Gasteiger partial charge in [-0.05, 0) is 24.3 Å². The highest BCUT2D eigenvalue weighted by molar-refractivity contribution is 6.31. The van der Waals surface area contributed by atoms with Crippen LogP contribution >= 0.6 is 11.6 Å². The number of benzene rings is 1. The van der Waals surface area contributed by atoms with Crippen LogP contribution in [0.15, 0.2) is 43.1 Å². The number of rotatable bonds is 2. The molecule has 1 aromatic carbocycles. The summed E-state index contributed by atoms with van der Waals surface area (Å²) < 4.78 is 2.14. The van der Waals surface area contributed by atoms with Gasteiger partial charge in [0.1, 0.15) is 0 Å². The summed E-state index contributed by atoms with van der Waals surface area (Å²) in [7, 11) is 0. The number of fused-ring (bicyclic) bond motifs is 1. The van der Waals surface area contributed by atoms with E-state index >= 15 is 0 Å². The lowest BCUT2D eigenvalue weighted by molar-refractivity contribution is 0.865. The molecule has 0 N–H and O–H groups in total. The fourth-order valence-corrected chi connectivity index (χ4v) is 1.65. The van der Waals surface area contributed by atoms with Crippen molar-refractivity contribution in [1.29, 1.82) is 0 Å². The van der Waals surface area contributed by atoms with Crippen molar-refractivity contribution in [3.8, 4) is 0 Å². The van der Waals surface area contributed by atoms with Gasteiger partial charge in [-0.2, -0.15) is 0 Å². The van der Waals surface area contributed by atoms with E-state index in [2.05, 4.69) is 17.2 Å². The lowest BCUT2D eigenvalue weighted by Gasteiger charge is -2.00. The van der Waals surface area contributed by atoms with Gasteiger partial charge in [-0.1, -0.05) is 17.7 Å². The number of aromatic nitrogens is 1. The molecule has 0 atom stereocenters. The molecule has 2 aromatic rings. The Kier molecular flexibility index (Phi) is 2.11. The first-order valence-corrected chi connectivity index (χ1v) is 4.54. The van der Waals surface area contributed by atoms with E-state index < -0.39 is 0 Å². The fourth-order valence-electron chi connectivity index (χ4n) is 1.47. The molecule has 1 aromatic heterocycles. The van der Waals surface area contributed by atoms with Crippen LogP contribution in [0.2, 0.25) is 5.02 Å². The quantitative estimate of drug-likeness (QED) is 0.641. The first kappa shape index (κ1) is 8.39. The molecule has 2 rings (SSSR count). The molecule has 0 amide bonds. The highest BCUT2D eigenvalue weighted by atomic mass is 35.5. The Hall–Kier alpha value is -1.21. The van der Waals surface area contributed by atoms with Crippen molar-refractivity contribution >= 4 is 22.5 Å². The Morgan fingerprint density at radius 2 is 2.23 bits per heavy atom. The highest BCUT2D eigenvalue weighted by Crippen LogP contribution is 2.20. The number of hydrogen-bond donors (Lipinski definition) is 0. The van der Waals surface area contributed by atoms with Gasteiger partial charge in [0.2, 0.25) is 0 Å². The maximum atomic E-state index is 5.88. The summed E-state index contributed by atoms with van der Waals surface area (Å²) in [5, 5.41) is 1.96. The maximum absolute atomic E-state index is 5.88. The van der Waals surface area contributed by atoms with Gasteiger partial charge < -0.3 is 4.57 Å². The predicted octanol–water partition coefficient (Wildman–Crippen LogP) is 3.48. The van der Waals surface area contributed by atoms with Crippen LogP contribution in [-0.4, -0.2) is 4.57 Å². The van der Waals surface area contributed by atoms with Crippen molar-refractivity contribution in [3.05, 3.63) is 48.1 Å². The normalized spacial score (nSPS) is 10.5. The molecule has 0 saturated heterocycles. The van der Waals surface area contributed by atoms with E-state index in [0.29, 0.717) is 0 Å². The molecule has 0 bridgehead atoms. The van der Waals surface area contributed by atoms with Gasteiger partial charge >= 0.3 is 0 Å². The minimum absolute atomic E-state index is 0.781. The molecule has 1 heterocycles. The van der Waals surface area contributed by atoms with Gasteiger partial charge in [-0.3, -0.25) is 0 Å². The van der Waals surface area contributed by atoms with Gasteiger partial charge in [0.05, 0.1) is 0 Å². The van der Waals surface area contributed by atoms with E-state index in [4.69, 9.17) is 11.6 Å². The van der Waals surface area contributed by atoms with Gasteiger partial charge in [-0.25, -0.2) is 0 Å². The van der Waals surface area contributed by atoms with E-state index in [1.54, 1.807) is 0 Å². The van der Waals surface area contributed by atoms with Crippen molar-refractivity contribution in [1.82, 2.24) is 4.57 Å². The lowest BCUT2D eigenvalue weighted by atomic mass is 10.2. The molecule has 13 heavy (non-hydrogen) atoms. The number of nitrogens with zero attached hydrogens (tertiary/aromatic N) is 1. The third kappa shape index (κ3) is 1.47. The summed E-state index contributed by atoms with van der Waals surface area (Å²) >= 11 is 5.88. The molecule has 66 valence electrons. The zero-order chi connectivity index (χ0) is 9.26. The van der Waals surface area contributed by atoms with Crippen molar-refractivity contribution in [2.45, 2.75) is 6.54 Å². The summed E-state index contributed by atoms with van der Waals surface area (Å²) in [6.07, 6.45) is 3.93. The number of halogens is 1. The third-order valence-electron chi connectivity index (χ3n) is 2.06. The van der Waals surface area contributed by atoms with Gasteiger partial charge in [0.15, 0.2) is 0 Å². The Morgan fingerprint density at radius 1 is 1.38 bits per heavy atom. The zero-order valence-electron chi connectivity index (χ0n) is 7.20. The molecular weight excluding hydrogens is 182 g/mol. The van der Waals surface area contributed by atoms with Crippen LogP contribution < -0.4 is 0 Å². The number of hydrogen-bond acceptors (Lipinski definition) is 0. The van der Waals surface area contributed by atoms with Crippen LogP contribution in [0.5, 0.6) is 0 Å². The van der Waals surface area contributed by atoms with Crippen molar-refractivity contribution in [3.63, 3.8) is 0 Å². The monoisotopic (exact) mass is 191 g/mol. The zero-order valence-corrected chi connectivity index (χ0v) is 7.96. The molecule has 0 aliphatic carbocycles. The van der Waals surface area contributed by atoms with Crippen LogP contribution in [0.4, 0.5) is 0 Å². The standard InChI is InChI=1S/C11H10ClN/c1-2-6-13-7-5-9-8-10(12)3-4-11(9)13/h2-5,7-8H,1,6H2. The molecule has 0 fully saturated rings. The maximum Gasteiger partial charge on any atom is 0.0484 e. The molecular formula is C11H10ClN. The lowest BCUT2D eigenvalue weighted by Crippen LogP contribution is -1.90. The fraction of sp³-hybridized carbons (Fsp3) is 0.0909. The first-order chi connectivity index (χ1) is 6.31. The minimum Gasteiger partial charge on any atom is -0.344 e. The molecule has 2 heteroatoms. The number of allylic oxidation sites excluding steroid dienone is 1. The predicted molar refractivity (Wildman–Crippen MR) is 57.1 cm³/mol. The first-order valence-electron chi connectivity index (χ1n) is 4.16. The van der Waals surface area contributed by atoms with Crippen molar-refractivity contribution in [2.75, 3.05) is 0 Å². The smallest absolute Gasteiger partial charge is 0.0484 e. The van der Waals surface area contributed by atoms with E-state index in [0.717, 1.165) is 11.6 Å². The van der Waals surface area contributed by atoms with Crippen LogP contribution in [-0.2, 0) is 6.54 Å². The van der Waals surface area contributed by atoms with Gasteiger partial charge in [0, 0.05) is 28.7 Å². The SMILES string of the molecule is C=CCn1ccc2cc(Cl)ccc21. The molecule has 0 unspecified atom stereocenters. The second-order valence-electron chi connectivity index (χ2n) is 2.96. The van der Waals surface area contributed by atoms with E-state index in [1.165, 1.54) is 10.9 Å². The van der Waals surface area contributed by atoms with Crippen LogP contribution in [0.25, 0.3) is 10.9 Å². The molecule has 0 aliphatic rings. The summed E-state index contributed by atoms with van der Waals surface area (Å²) in [4.78, 5) is 0. The average Bonchev–Trinajstić information content (AvgIpc) is 2.49. The Morgan fingerprint density at radius 3 is 3.00 bits per heavy atom. The van der Waals surface area contributed by atoms with Crippen LogP contribution in [0.3, 0.4) is 0 Å². The Labute approximate surface area is 82.2 Å². The second-order valence-corrected chi connectivity index (χ2v) is 3.40. The Balaban J connectivity index is 2.61. The summed E-state index contributed by atoms with van der Waals surface area (Å²) in [6, 6.07) is 7.96. The molecule has 0 saturated carbocycles. The second kappa shape index (κ2) is 3.27. The van der Waals surface area contributed by atoms with Gasteiger partial charge in [0.25, 0.3) is 0 Å². The minimum atomic E-state index is 0.781. The largest absolute Gasteiger partial charge is 0.344 e.